The number of ether oxygens (including phenoxy) is 1. The molecular formula is C16H18FNO2. The first-order valence-electron chi connectivity index (χ1n) is 6.47. The van der Waals surface area contributed by atoms with Gasteiger partial charge in [0.2, 0.25) is 0 Å². The summed E-state index contributed by atoms with van der Waals surface area (Å²) in [5.74, 6) is 0.402. The summed E-state index contributed by atoms with van der Waals surface area (Å²) in [4.78, 5) is 0. The number of hydrogen-bond acceptors (Lipinski definition) is 3. The fourth-order valence-electron chi connectivity index (χ4n) is 2.05. The molecule has 0 fully saturated rings. The first kappa shape index (κ1) is 14.5. The summed E-state index contributed by atoms with van der Waals surface area (Å²) in [6.45, 7) is 0.828. The zero-order valence-corrected chi connectivity index (χ0v) is 11.3. The van der Waals surface area contributed by atoms with E-state index in [1.807, 2.05) is 24.3 Å². The molecule has 0 aliphatic carbocycles. The first-order chi connectivity index (χ1) is 9.72. The number of hydrogen-bond donors (Lipinski definition) is 2. The largest absolute Gasteiger partial charge is 0.496 e. The molecule has 0 aliphatic rings. The number of halogens is 1. The molecule has 0 radical (unpaired) electrons. The first-order valence-corrected chi connectivity index (χ1v) is 6.47. The molecule has 2 rings (SSSR count). The van der Waals surface area contributed by atoms with Crippen molar-refractivity contribution < 1.29 is 14.2 Å². The van der Waals surface area contributed by atoms with E-state index < -0.39 is 6.10 Å². The lowest BCUT2D eigenvalue weighted by Crippen LogP contribution is -2.22. The van der Waals surface area contributed by atoms with Crippen LogP contribution >= 0.6 is 0 Å². The number of benzene rings is 2. The summed E-state index contributed by atoms with van der Waals surface area (Å²) < 4.78 is 18.7. The molecule has 0 aromatic heterocycles. The molecule has 2 aromatic carbocycles. The molecule has 0 saturated carbocycles. The van der Waals surface area contributed by atoms with Crippen LogP contribution in [0.2, 0.25) is 0 Å². The highest BCUT2D eigenvalue weighted by Crippen LogP contribution is 2.18. The predicted octanol–water partition coefficient (Wildman–Crippen LogP) is 2.66. The Morgan fingerprint density at radius 3 is 2.60 bits per heavy atom. The second-order valence-electron chi connectivity index (χ2n) is 4.48. The predicted molar refractivity (Wildman–Crippen MR) is 76.1 cm³/mol. The maximum absolute atomic E-state index is 13.5. The van der Waals surface area contributed by atoms with Crippen molar-refractivity contribution in [1.29, 1.82) is 0 Å². The third-order valence-electron chi connectivity index (χ3n) is 3.11. The van der Waals surface area contributed by atoms with Gasteiger partial charge >= 0.3 is 0 Å². The van der Waals surface area contributed by atoms with Gasteiger partial charge in [0, 0.05) is 24.2 Å². The van der Waals surface area contributed by atoms with Gasteiger partial charge in [0.05, 0.1) is 13.2 Å². The molecule has 0 bridgehead atoms. The monoisotopic (exact) mass is 275 g/mol. The quantitative estimate of drug-likeness (QED) is 0.851. The molecule has 1 atom stereocenters. The molecular weight excluding hydrogens is 257 g/mol. The van der Waals surface area contributed by atoms with Crippen LogP contribution in [-0.2, 0) is 6.54 Å². The van der Waals surface area contributed by atoms with Gasteiger partial charge in [0.25, 0.3) is 0 Å². The van der Waals surface area contributed by atoms with Crippen molar-refractivity contribution in [2.75, 3.05) is 13.7 Å². The lowest BCUT2D eigenvalue weighted by atomic mass is 10.1. The zero-order valence-electron chi connectivity index (χ0n) is 11.3. The van der Waals surface area contributed by atoms with E-state index in [-0.39, 0.29) is 12.4 Å². The molecule has 2 aromatic rings. The van der Waals surface area contributed by atoms with Crippen LogP contribution in [0.4, 0.5) is 4.39 Å². The minimum Gasteiger partial charge on any atom is -0.496 e. The van der Waals surface area contributed by atoms with E-state index in [4.69, 9.17) is 4.74 Å². The van der Waals surface area contributed by atoms with Crippen LogP contribution in [0.1, 0.15) is 17.2 Å². The molecule has 0 spiro atoms. The zero-order chi connectivity index (χ0) is 14.4. The van der Waals surface area contributed by atoms with Gasteiger partial charge in [-0.25, -0.2) is 4.39 Å². The van der Waals surface area contributed by atoms with E-state index in [0.29, 0.717) is 12.1 Å². The molecule has 0 saturated heterocycles. The fraction of sp³-hybridized carbons (Fsp3) is 0.250. The van der Waals surface area contributed by atoms with Crippen molar-refractivity contribution >= 4 is 0 Å². The Bertz CT molecular complexity index is 560. The van der Waals surface area contributed by atoms with E-state index in [1.165, 1.54) is 6.07 Å². The van der Waals surface area contributed by atoms with E-state index in [9.17, 15) is 9.50 Å². The Kier molecular flexibility index (Phi) is 5.09. The second-order valence-corrected chi connectivity index (χ2v) is 4.48. The van der Waals surface area contributed by atoms with Gasteiger partial charge in [-0.2, -0.15) is 0 Å². The summed E-state index contributed by atoms with van der Waals surface area (Å²) in [5.41, 5.74) is 1.30. The minimum atomic E-state index is -0.870. The summed E-state index contributed by atoms with van der Waals surface area (Å²) in [5, 5.41) is 13.1. The van der Waals surface area contributed by atoms with Gasteiger partial charge in [-0.1, -0.05) is 36.4 Å². The smallest absolute Gasteiger partial charge is 0.129 e. The molecule has 0 amide bonds. The Morgan fingerprint density at radius 1 is 1.15 bits per heavy atom. The van der Waals surface area contributed by atoms with Gasteiger partial charge in [-0.15, -0.1) is 0 Å². The average molecular weight is 275 g/mol. The Hall–Kier alpha value is -1.91. The van der Waals surface area contributed by atoms with Crippen LogP contribution in [0, 0.1) is 5.82 Å². The maximum atomic E-state index is 13.5. The number of methoxy groups -OCH3 is 1. The van der Waals surface area contributed by atoms with E-state index in [1.54, 1.807) is 25.3 Å². The standard InChI is InChI=1S/C16H18FNO2/c1-20-16-9-5-2-6-12(16)10-18-11-15(19)13-7-3-4-8-14(13)17/h2-9,15,18-19H,10-11H2,1H3/t15-/m0/s1. The third kappa shape index (κ3) is 3.56. The minimum absolute atomic E-state index is 0.277. The summed E-state index contributed by atoms with van der Waals surface area (Å²) >= 11 is 0. The summed E-state index contributed by atoms with van der Waals surface area (Å²) in [7, 11) is 1.62. The maximum Gasteiger partial charge on any atom is 0.129 e. The topological polar surface area (TPSA) is 41.5 Å². The van der Waals surface area contributed by atoms with Gasteiger partial charge in [0.1, 0.15) is 11.6 Å². The van der Waals surface area contributed by atoms with Crippen molar-refractivity contribution in [2.45, 2.75) is 12.6 Å². The molecule has 106 valence electrons. The molecule has 0 heterocycles. The van der Waals surface area contributed by atoms with Gasteiger partial charge in [-0.3, -0.25) is 0 Å². The molecule has 4 heteroatoms. The number of nitrogens with one attached hydrogen (secondary N) is 1. The van der Waals surface area contributed by atoms with Crippen LogP contribution < -0.4 is 10.1 Å². The number of aliphatic hydroxyl groups excluding tert-OH is 1. The van der Waals surface area contributed by atoms with E-state index in [0.717, 1.165) is 11.3 Å². The summed E-state index contributed by atoms with van der Waals surface area (Å²) in [6.07, 6.45) is -0.870. The Balaban J connectivity index is 1.91. The molecule has 3 nitrogen and oxygen atoms in total. The molecule has 0 unspecified atom stereocenters. The highest BCUT2D eigenvalue weighted by Gasteiger charge is 2.11. The van der Waals surface area contributed by atoms with Gasteiger partial charge in [-0.05, 0) is 12.1 Å². The molecule has 0 aliphatic heterocycles. The highest BCUT2D eigenvalue weighted by molar-refractivity contribution is 5.33. The van der Waals surface area contributed by atoms with Crippen molar-refractivity contribution in [3.05, 3.63) is 65.5 Å². The number of aliphatic hydroxyl groups is 1. The number of para-hydroxylation sites is 1. The third-order valence-corrected chi connectivity index (χ3v) is 3.11. The Labute approximate surface area is 118 Å². The van der Waals surface area contributed by atoms with Crippen LogP contribution in [0.3, 0.4) is 0 Å². The van der Waals surface area contributed by atoms with Crippen molar-refractivity contribution in [3.63, 3.8) is 0 Å². The SMILES string of the molecule is COc1ccccc1CNC[C@H](O)c1ccccc1F. The molecule has 20 heavy (non-hydrogen) atoms. The second kappa shape index (κ2) is 7.03. The average Bonchev–Trinajstić information content (AvgIpc) is 2.48. The van der Waals surface area contributed by atoms with Crippen molar-refractivity contribution in [3.8, 4) is 5.75 Å². The highest BCUT2D eigenvalue weighted by atomic mass is 19.1. The van der Waals surface area contributed by atoms with Crippen LogP contribution in [-0.4, -0.2) is 18.8 Å². The lowest BCUT2D eigenvalue weighted by Gasteiger charge is -2.14. The van der Waals surface area contributed by atoms with E-state index >= 15 is 0 Å². The Morgan fingerprint density at radius 2 is 1.85 bits per heavy atom. The fourth-order valence-corrected chi connectivity index (χ4v) is 2.05. The van der Waals surface area contributed by atoms with Crippen molar-refractivity contribution in [1.82, 2.24) is 5.32 Å². The van der Waals surface area contributed by atoms with E-state index in [2.05, 4.69) is 5.32 Å². The number of rotatable bonds is 6. The lowest BCUT2D eigenvalue weighted by molar-refractivity contribution is 0.169. The van der Waals surface area contributed by atoms with Gasteiger partial charge in [0.15, 0.2) is 0 Å². The van der Waals surface area contributed by atoms with Crippen molar-refractivity contribution in [2.24, 2.45) is 0 Å². The van der Waals surface area contributed by atoms with Gasteiger partial charge < -0.3 is 15.2 Å². The van der Waals surface area contributed by atoms with Crippen LogP contribution in [0.5, 0.6) is 5.75 Å². The normalized spacial score (nSPS) is 12.2. The summed E-state index contributed by atoms with van der Waals surface area (Å²) in [6, 6.07) is 13.9. The molecule has 2 N–H and O–H groups in total. The van der Waals surface area contributed by atoms with Crippen LogP contribution in [0.25, 0.3) is 0 Å². The van der Waals surface area contributed by atoms with Crippen LogP contribution in [0.15, 0.2) is 48.5 Å².